The van der Waals surface area contributed by atoms with Crippen molar-refractivity contribution in [3.8, 4) is 0 Å². The number of nitrogen functional groups attached to an aromatic ring is 1. The maximum atomic E-state index is 12.6. The molecule has 0 aliphatic carbocycles. The molecule has 0 radical (unpaired) electrons. The molecular formula is C22H19Cl2N3O2. The first kappa shape index (κ1) is 20.7. The van der Waals surface area contributed by atoms with E-state index in [4.69, 9.17) is 28.9 Å². The number of carbonyl (C=O) groups is 2. The van der Waals surface area contributed by atoms with Crippen molar-refractivity contribution in [3.63, 3.8) is 0 Å². The van der Waals surface area contributed by atoms with Gasteiger partial charge in [0, 0.05) is 11.3 Å². The topological polar surface area (TPSA) is 84.2 Å². The van der Waals surface area contributed by atoms with Crippen LogP contribution in [-0.4, -0.2) is 11.8 Å². The van der Waals surface area contributed by atoms with Crippen LogP contribution < -0.4 is 16.4 Å². The number of amides is 2. The second-order valence-corrected chi connectivity index (χ2v) is 7.22. The first-order valence-corrected chi connectivity index (χ1v) is 9.65. The lowest BCUT2D eigenvalue weighted by atomic mass is 10.0. The molecule has 0 fully saturated rings. The number of rotatable bonds is 6. The number of benzene rings is 3. The maximum Gasteiger partial charge on any atom is 0.251 e. The molecule has 3 aromatic rings. The average molecular weight is 428 g/mol. The third kappa shape index (κ3) is 5.50. The lowest BCUT2D eigenvalue weighted by Crippen LogP contribution is -2.31. The predicted molar refractivity (Wildman–Crippen MR) is 117 cm³/mol. The molecule has 0 saturated heterocycles. The number of anilines is 2. The Morgan fingerprint density at radius 1 is 0.897 bits per heavy atom. The van der Waals surface area contributed by atoms with Gasteiger partial charge in [-0.2, -0.15) is 0 Å². The van der Waals surface area contributed by atoms with Gasteiger partial charge < -0.3 is 16.4 Å². The summed E-state index contributed by atoms with van der Waals surface area (Å²) in [7, 11) is 0. The lowest BCUT2D eigenvalue weighted by molar-refractivity contribution is -0.116. The first-order valence-electron chi connectivity index (χ1n) is 8.89. The fourth-order valence-electron chi connectivity index (χ4n) is 2.82. The Morgan fingerprint density at radius 3 is 2.03 bits per heavy atom. The van der Waals surface area contributed by atoms with Crippen molar-refractivity contribution < 1.29 is 9.59 Å². The number of halogens is 2. The molecule has 0 spiro atoms. The SMILES string of the molecule is Nc1c(Cl)cc(NC(=O)CC(NC(=O)c2ccccc2)c2ccccc2)cc1Cl. The monoisotopic (exact) mass is 427 g/mol. The van der Waals surface area contributed by atoms with Crippen LogP contribution in [0.25, 0.3) is 0 Å². The van der Waals surface area contributed by atoms with Gasteiger partial charge in [0.2, 0.25) is 5.91 Å². The molecule has 0 aliphatic rings. The lowest BCUT2D eigenvalue weighted by Gasteiger charge is -2.19. The Hall–Kier alpha value is -3.02. The highest BCUT2D eigenvalue weighted by Crippen LogP contribution is 2.31. The number of nitrogens with one attached hydrogen (secondary N) is 2. The molecular weight excluding hydrogens is 409 g/mol. The highest BCUT2D eigenvalue weighted by Gasteiger charge is 2.19. The molecule has 0 saturated carbocycles. The zero-order valence-electron chi connectivity index (χ0n) is 15.4. The molecule has 1 unspecified atom stereocenters. The summed E-state index contributed by atoms with van der Waals surface area (Å²) in [6.45, 7) is 0. The summed E-state index contributed by atoms with van der Waals surface area (Å²) in [6.07, 6.45) is 0.0300. The van der Waals surface area contributed by atoms with Crippen molar-refractivity contribution in [1.82, 2.24) is 5.32 Å². The van der Waals surface area contributed by atoms with Crippen molar-refractivity contribution in [2.24, 2.45) is 0 Å². The number of hydrogen-bond donors (Lipinski definition) is 3. The Morgan fingerprint density at radius 2 is 1.45 bits per heavy atom. The molecule has 3 aromatic carbocycles. The Labute approximate surface area is 178 Å². The molecule has 3 rings (SSSR count). The fourth-order valence-corrected chi connectivity index (χ4v) is 3.31. The van der Waals surface area contributed by atoms with Gasteiger partial charge in [-0.25, -0.2) is 0 Å². The zero-order valence-corrected chi connectivity index (χ0v) is 16.9. The minimum Gasteiger partial charge on any atom is -0.396 e. The van der Waals surface area contributed by atoms with Crippen LogP contribution in [0.1, 0.15) is 28.4 Å². The second kappa shape index (κ2) is 9.45. The third-order valence-electron chi connectivity index (χ3n) is 4.30. The van der Waals surface area contributed by atoms with Crippen molar-refractivity contribution in [2.75, 3.05) is 11.1 Å². The van der Waals surface area contributed by atoms with Crippen molar-refractivity contribution in [1.29, 1.82) is 0 Å². The van der Waals surface area contributed by atoms with Crippen molar-refractivity contribution in [2.45, 2.75) is 12.5 Å². The standard InChI is InChI=1S/C22H19Cl2N3O2/c23-17-11-16(12-18(24)21(17)25)26-20(28)13-19(14-7-3-1-4-8-14)27-22(29)15-9-5-2-6-10-15/h1-12,19H,13,25H2,(H,26,28)(H,27,29). The van der Waals surface area contributed by atoms with Gasteiger partial charge in [-0.3, -0.25) is 9.59 Å². The average Bonchev–Trinajstić information content (AvgIpc) is 2.72. The Bertz CT molecular complexity index is 988. The largest absolute Gasteiger partial charge is 0.396 e. The molecule has 1 atom stereocenters. The Balaban J connectivity index is 1.76. The van der Waals surface area contributed by atoms with E-state index in [2.05, 4.69) is 10.6 Å². The number of nitrogens with two attached hydrogens (primary N) is 1. The second-order valence-electron chi connectivity index (χ2n) is 6.41. The Kier molecular flexibility index (Phi) is 6.75. The van der Waals surface area contributed by atoms with Crippen LogP contribution in [0.5, 0.6) is 0 Å². The molecule has 29 heavy (non-hydrogen) atoms. The number of carbonyl (C=O) groups excluding carboxylic acids is 2. The minimum absolute atomic E-state index is 0.0300. The molecule has 148 valence electrons. The predicted octanol–water partition coefficient (Wildman–Crippen LogP) is 5.08. The van der Waals surface area contributed by atoms with Gasteiger partial charge >= 0.3 is 0 Å². The van der Waals surface area contributed by atoms with E-state index in [0.717, 1.165) is 5.56 Å². The third-order valence-corrected chi connectivity index (χ3v) is 4.92. The summed E-state index contributed by atoms with van der Waals surface area (Å²) in [5, 5.41) is 6.18. The van der Waals surface area contributed by atoms with Crippen LogP contribution in [0.2, 0.25) is 10.0 Å². The van der Waals surface area contributed by atoms with Crippen LogP contribution >= 0.6 is 23.2 Å². The summed E-state index contributed by atoms with van der Waals surface area (Å²) in [6, 6.07) is 20.7. The van der Waals surface area contributed by atoms with Gasteiger partial charge in [-0.15, -0.1) is 0 Å². The van der Waals surface area contributed by atoms with E-state index in [1.807, 2.05) is 36.4 Å². The first-order chi connectivity index (χ1) is 13.9. The van der Waals surface area contributed by atoms with E-state index < -0.39 is 6.04 Å². The van der Waals surface area contributed by atoms with E-state index in [9.17, 15) is 9.59 Å². The van der Waals surface area contributed by atoms with Crippen LogP contribution in [-0.2, 0) is 4.79 Å². The van der Waals surface area contributed by atoms with Crippen molar-refractivity contribution in [3.05, 3.63) is 94.0 Å². The van der Waals surface area contributed by atoms with E-state index >= 15 is 0 Å². The summed E-state index contributed by atoms with van der Waals surface area (Å²) in [5.41, 5.74) is 7.75. The van der Waals surface area contributed by atoms with E-state index in [0.29, 0.717) is 11.3 Å². The number of hydrogen-bond acceptors (Lipinski definition) is 3. The normalized spacial score (nSPS) is 11.5. The van der Waals surface area contributed by atoms with E-state index in [1.165, 1.54) is 12.1 Å². The molecule has 0 aromatic heterocycles. The summed E-state index contributed by atoms with van der Waals surface area (Å²) in [4.78, 5) is 25.2. The van der Waals surface area contributed by atoms with Crippen LogP contribution in [0, 0.1) is 0 Å². The minimum atomic E-state index is -0.511. The molecule has 0 bridgehead atoms. The van der Waals surface area contributed by atoms with Gasteiger partial charge in [0.05, 0.1) is 28.2 Å². The fraction of sp³-hybridized carbons (Fsp3) is 0.0909. The van der Waals surface area contributed by atoms with Gasteiger partial charge in [-0.05, 0) is 29.8 Å². The smallest absolute Gasteiger partial charge is 0.251 e. The summed E-state index contributed by atoms with van der Waals surface area (Å²) < 4.78 is 0. The highest BCUT2D eigenvalue weighted by molar-refractivity contribution is 6.39. The van der Waals surface area contributed by atoms with Gasteiger partial charge in [0.25, 0.3) is 5.91 Å². The van der Waals surface area contributed by atoms with Crippen LogP contribution in [0.15, 0.2) is 72.8 Å². The van der Waals surface area contributed by atoms with E-state index in [-0.39, 0.29) is 34.0 Å². The van der Waals surface area contributed by atoms with Crippen molar-refractivity contribution >= 4 is 46.4 Å². The van der Waals surface area contributed by atoms with E-state index in [1.54, 1.807) is 24.3 Å². The van der Waals surface area contributed by atoms with Crippen LogP contribution in [0.3, 0.4) is 0 Å². The zero-order chi connectivity index (χ0) is 20.8. The molecule has 0 aliphatic heterocycles. The maximum absolute atomic E-state index is 12.6. The van der Waals surface area contributed by atoms with Crippen LogP contribution in [0.4, 0.5) is 11.4 Å². The molecule has 7 heteroatoms. The molecule has 0 heterocycles. The molecule has 2 amide bonds. The quantitative estimate of drug-likeness (QED) is 0.479. The summed E-state index contributed by atoms with van der Waals surface area (Å²) in [5.74, 6) is -0.560. The summed E-state index contributed by atoms with van der Waals surface area (Å²) >= 11 is 12.0. The molecule has 4 N–H and O–H groups in total. The van der Waals surface area contributed by atoms with Gasteiger partial charge in [0.15, 0.2) is 0 Å². The van der Waals surface area contributed by atoms with Gasteiger partial charge in [-0.1, -0.05) is 71.7 Å². The molecule has 5 nitrogen and oxygen atoms in total. The highest BCUT2D eigenvalue weighted by atomic mass is 35.5. The van der Waals surface area contributed by atoms with Gasteiger partial charge in [0.1, 0.15) is 0 Å².